The molecular formula is C10H15ClN2O2. The van der Waals surface area contributed by atoms with Crippen LogP contribution < -0.4 is 10.4 Å². The molecule has 15 heavy (non-hydrogen) atoms. The first-order valence-corrected chi connectivity index (χ1v) is 4.99. The highest BCUT2D eigenvalue weighted by molar-refractivity contribution is 6.31. The van der Waals surface area contributed by atoms with Crippen LogP contribution in [0.4, 0.5) is 0 Å². The van der Waals surface area contributed by atoms with Crippen molar-refractivity contribution in [1.82, 2.24) is 9.97 Å². The van der Waals surface area contributed by atoms with Gasteiger partial charge in [0.2, 0.25) is 5.88 Å². The molecule has 0 aromatic carbocycles. The number of rotatable bonds is 1. The van der Waals surface area contributed by atoms with E-state index in [0.717, 1.165) is 6.20 Å². The number of nitrogens with one attached hydrogen (secondary N) is 1. The van der Waals surface area contributed by atoms with E-state index >= 15 is 0 Å². The van der Waals surface area contributed by atoms with Crippen LogP contribution in [0.1, 0.15) is 27.7 Å². The number of halogens is 1. The van der Waals surface area contributed by atoms with E-state index in [1.807, 2.05) is 33.8 Å². The first kappa shape index (κ1) is 16.0. The SMILES string of the molecule is C#COc1[nH]c(=O)ncc1Cl.CC.CC. The Kier molecular flexibility index (Phi) is 11.3. The zero-order valence-electron chi connectivity index (χ0n) is 9.30. The van der Waals surface area contributed by atoms with Gasteiger partial charge in [-0.05, 0) is 0 Å². The Balaban J connectivity index is 0. The van der Waals surface area contributed by atoms with E-state index in [2.05, 4.69) is 14.7 Å². The highest BCUT2D eigenvalue weighted by atomic mass is 35.5. The summed E-state index contributed by atoms with van der Waals surface area (Å²) in [6, 6.07) is 0. The largest absolute Gasteiger partial charge is 0.388 e. The van der Waals surface area contributed by atoms with Crippen LogP contribution in [0, 0.1) is 12.5 Å². The molecule has 1 N–H and O–H groups in total. The molecular weight excluding hydrogens is 216 g/mol. The average molecular weight is 231 g/mol. The van der Waals surface area contributed by atoms with Gasteiger partial charge in [0.25, 0.3) is 0 Å². The molecule has 0 aliphatic rings. The molecule has 0 unspecified atom stereocenters. The van der Waals surface area contributed by atoms with Gasteiger partial charge in [-0.1, -0.05) is 45.7 Å². The lowest BCUT2D eigenvalue weighted by molar-refractivity contribution is 0.494. The fourth-order valence-corrected chi connectivity index (χ4v) is 0.631. The van der Waals surface area contributed by atoms with Crippen molar-refractivity contribution in [1.29, 1.82) is 0 Å². The van der Waals surface area contributed by atoms with Crippen LogP contribution >= 0.6 is 11.6 Å². The predicted octanol–water partition coefficient (Wildman–Crippen LogP) is 2.45. The van der Waals surface area contributed by atoms with E-state index in [1.165, 1.54) is 0 Å². The van der Waals surface area contributed by atoms with Gasteiger partial charge in [0.1, 0.15) is 11.1 Å². The van der Waals surface area contributed by atoms with Crippen molar-refractivity contribution in [2.45, 2.75) is 27.7 Å². The van der Waals surface area contributed by atoms with E-state index in [4.69, 9.17) is 18.0 Å². The smallest absolute Gasteiger partial charge is 0.347 e. The second kappa shape index (κ2) is 10.6. The van der Waals surface area contributed by atoms with Crippen LogP contribution in [0.5, 0.6) is 5.88 Å². The fourth-order valence-electron chi connectivity index (χ4n) is 0.496. The molecule has 1 aromatic heterocycles. The molecule has 1 aromatic rings. The Labute approximate surface area is 94.6 Å². The zero-order chi connectivity index (χ0) is 12.3. The summed E-state index contributed by atoms with van der Waals surface area (Å²) in [5.41, 5.74) is -0.556. The Bertz CT molecular complexity index is 355. The van der Waals surface area contributed by atoms with Crippen molar-refractivity contribution < 1.29 is 4.74 Å². The van der Waals surface area contributed by atoms with Gasteiger partial charge >= 0.3 is 5.69 Å². The van der Waals surface area contributed by atoms with Crippen LogP contribution in [-0.2, 0) is 0 Å². The topological polar surface area (TPSA) is 55.0 Å². The van der Waals surface area contributed by atoms with Crippen molar-refractivity contribution >= 4 is 11.6 Å². The normalized spacial score (nSPS) is 7.20. The van der Waals surface area contributed by atoms with Crippen molar-refractivity contribution in [2.75, 3.05) is 0 Å². The van der Waals surface area contributed by atoms with Gasteiger partial charge in [0.05, 0.1) is 6.20 Å². The minimum atomic E-state index is -0.556. The number of terminal acetylenes is 1. The number of ether oxygens (including phenoxy) is 1. The van der Waals surface area contributed by atoms with E-state index in [0.29, 0.717) is 0 Å². The van der Waals surface area contributed by atoms with E-state index < -0.39 is 5.69 Å². The number of hydrogen-bond donors (Lipinski definition) is 1. The lowest BCUT2D eigenvalue weighted by Crippen LogP contribution is -2.09. The van der Waals surface area contributed by atoms with Gasteiger partial charge in [0, 0.05) is 0 Å². The van der Waals surface area contributed by atoms with Crippen molar-refractivity contribution in [3.8, 4) is 18.4 Å². The van der Waals surface area contributed by atoms with Gasteiger partial charge in [-0.15, -0.1) is 0 Å². The Morgan fingerprint density at radius 1 is 1.47 bits per heavy atom. The first-order chi connectivity index (χ1) is 7.24. The van der Waals surface area contributed by atoms with Crippen molar-refractivity contribution in [3.05, 3.63) is 21.7 Å². The third kappa shape index (κ3) is 6.58. The molecule has 0 aliphatic carbocycles. The molecule has 0 amide bonds. The summed E-state index contributed by atoms with van der Waals surface area (Å²) < 4.78 is 4.52. The summed E-state index contributed by atoms with van der Waals surface area (Å²) in [7, 11) is 0. The molecule has 84 valence electrons. The van der Waals surface area contributed by atoms with E-state index in [-0.39, 0.29) is 10.9 Å². The molecule has 0 atom stereocenters. The molecule has 0 saturated carbocycles. The standard InChI is InChI=1S/C6H3ClN2O2.2C2H6/c1-2-11-5-4(7)3-8-6(10)9-5;2*1-2/h1,3H,(H,8,9,10);2*1-2H3. The van der Waals surface area contributed by atoms with Gasteiger partial charge in [-0.2, -0.15) is 4.98 Å². The number of aromatic nitrogens is 2. The second-order valence-corrected chi connectivity index (χ2v) is 1.99. The maximum absolute atomic E-state index is 10.5. The van der Waals surface area contributed by atoms with Crippen LogP contribution in [0.2, 0.25) is 5.02 Å². The summed E-state index contributed by atoms with van der Waals surface area (Å²) in [4.78, 5) is 16.1. The molecule has 0 saturated heterocycles. The number of H-pyrrole nitrogens is 1. The molecule has 5 heteroatoms. The Hall–Kier alpha value is -1.47. The fraction of sp³-hybridized carbons (Fsp3) is 0.400. The second-order valence-electron chi connectivity index (χ2n) is 1.59. The zero-order valence-corrected chi connectivity index (χ0v) is 10.1. The molecule has 0 radical (unpaired) electrons. The Morgan fingerprint density at radius 2 is 2.00 bits per heavy atom. The minimum absolute atomic E-state index is 0.0363. The molecule has 0 bridgehead atoms. The van der Waals surface area contributed by atoms with Crippen LogP contribution in [-0.4, -0.2) is 9.97 Å². The molecule has 1 rings (SSSR count). The lowest BCUT2D eigenvalue weighted by atomic mass is 10.6. The molecule has 0 aliphatic heterocycles. The maximum Gasteiger partial charge on any atom is 0.347 e. The van der Waals surface area contributed by atoms with Crippen LogP contribution in [0.25, 0.3) is 0 Å². The highest BCUT2D eigenvalue weighted by Gasteiger charge is 2.00. The first-order valence-electron chi connectivity index (χ1n) is 4.61. The molecule has 0 spiro atoms. The number of hydrogen-bond acceptors (Lipinski definition) is 3. The lowest BCUT2D eigenvalue weighted by Gasteiger charge is -1.96. The van der Waals surface area contributed by atoms with Crippen molar-refractivity contribution in [2.24, 2.45) is 0 Å². The molecule has 1 heterocycles. The van der Waals surface area contributed by atoms with Crippen molar-refractivity contribution in [3.63, 3.8) is 0 Å². The van der Waals surface area contributed by atoms with E-state index in [1.54, 1.807) is 0 Å². The monoisotopic (exact) mass is 230 g/mol. The summed E-state index contributed by atoms with van der Waals surface area (Å²) in [5, 5.41) is 0.169. The maximum atomic E-state index is 10.5. The van der Waals surface area contributed by atoms with Gasteiger partial charge in [0.15, 0.2) is 0 Å². The average Bonchev–Trinajstić information content (AvgIpc) is 2.29. The van der Waals surface area contributed by atoms with Gasteiger partial charge in [-0.3, -0.25) is 4.98 Å². The number of nitrogens with zero attached hydrogens (tertiary/aromatic N) is 1. The van der Waals surface area contributed by atoms with Gasteiger partial charge < -0.3 is 4.74 Å². The Morgan fingerprint density at radius 3 is 2.47 bits per heavy atom. The third-order valence-electron chi connectivity index (χ3n) is 0.894. The summed E-state index contributed by atoms with van der Waals surface area (Å²) in [6.45, 7) is 8.00. The van der Waals surface area contributed by atoms with Crippen LogP contribution in [0.3, 0.4) is 0 Å². The molecule has 0 fully saturated rings. The highest BCUT2D eigenvalue weighted by Crippen LogP contribution is 2.16. The number of aromatic amines is 1. The summed E-state index contributed by atoms with van der Waals surface area (Å²) >= 11 is 5.52. The quantitative estimate of drug-likeness (QED) is 0.754. The minimum Gasteiger partial charge on any atom is -0.388 e. The summed E-state index contributed by atoms with van der Waals surface area (Å²) in [5.74, 6) is 0.0363. The van der Waals surface area contributed by atoms with Crippen LogP contribution in [0.15, 0.2) is 11.0 Å². The summed E-state index contributed by atoms with van der Waals surface area (Å²) in [6.07, 6.45) is 7.84. The molecule has 4 nitrogen and oxygen atoms in total. The van der Waals surface area contributed by atoms with Gasteiger partial charge in [-0.25, -0.2) is 4.79 Å². The van der Waals surface area contributed by atoms with E-state index in [9.17, 15) is 4.79 Å². The predicted molar refractivity (Wildman–Crippen MR) is 62.0 cm³/mol. The third-order valence-corrected chi connectivity index (χ3v) is 1.16.